The van der Waals surface area contributed by atoms with E-state index in [0.717, 1.165) is 12.2 Å². The Kier molecular flexibility index (Phi) is 7.52. The van der Waals surface area contributed by atoms with Gasteiger partial charge in [0.25, 0.3) is 11.5 Å². The summed E-state index contributed by atoms with van der Waals surface area (Å²) in [6, 6.07) is 0. The van der Waals surface area contributed by atoms with Crippen LogP contribution in [0.1, 0.15) is 0 Å². The molecule has 0 bridgehead atoms. The second-order valence-corrected chi connectivity index (χ2v) is 2.13. The summed E-state index contributed by atoms with van der Waals surface area (Å²) in [5, 5.41) is 0. The third kappa shape index (κ3) is 5.20. The molecule has 0 N–H and O–H groups in total. The predicted octanol–water partition coefficient (Wildman–Crippen LogP) is -0.774. The van der Waals surface area contributed by atoms with Crippen LogP contribution >= 0.6 is 0 Å². The van der Waals surface area contributed by atoms with E-state index in [2.05, 4.69) is 9.47 Å². The molecule has 0 saturated heterocycles. The fraction of sp³-hybridized carbons (Fsp3) is 0.200. The lowest BCUT2D eigenvalue weighted by atomic mass is 10.4. The average Bonchev–Trinajstić information content (AvgIpc) is 2.31. The standard InChI is InChI=1S/C10H6O6/c11-3-1-5-15-9(7-13)10(8-14)16-6-2-4-12/h1-2H,5-6H2. The van der Waals surface area contributed by atoms with Crippen LogP contribution in [-0.4, -0.2) is 37.0 Å². The van der Waals surface area contributed by atoms with E-state index in [1.165, 1.54) is 23.8 Å². The lowest BCUT2D eigenvalue weighted by Gasteiger charge is -2.05. The lowest BCUT2D eigenvalue weighted by molar-refractivity contribution is 0.187. The molecular weight excluding hydrogens is 216 g/mol. The molecule has 0 saturated carbocycles. The quantitative estimate of drug-likeness (QED) is 0.319. The van der Waals surface area contributed by atoms with Crippen molar-refractivity contribution in [3.05, 3.63) is 23.7 Å². The molecule has 0 amide bonds. The zero-order chi connectivity index (χ0) is 12.2. The molecule has 0 spiro atoms. The first-order valence-electron chi connectivity index (χ1n) is 3.95. The van der Waals surface area contributed by atoms with Gasteiger partial charge >= 0.3 is 0 Å². The highest BCUT2D eigenvalue weighted by atomic mass is 16.5. The second-order valence-electron chi connectivity index (χ2n) is 2.13. The molecule has 0 aliphatic carbocycles. The van der Waals surface area contributed by atoms with Gasteiger partial charge in [0.15, 0.2) is 11.9 Å². The highest BCUT2D eigenvalue weighted by molar-refractivity contribution is 5.66. The summed E-state index contributed by atoms with van der Waals surface area (Å²) in [6.07, 6.45) is 1.90. The van der Waals surface area contributed by atoms with Crippen LogP contribution in [0.15, 0.2) is 23.7 Å². The van der Waals surface area contributed by atoms with Crippen molar-refractivity contribution in [1.29, 1.82) is 0 Å². The summed E-state index contributed by atoms with van der Waals surface area (Å²) >= 11 is 0. The molecule has 0 unspecified atom stereocenters. The van der Waals surface area contributed by atoms with Crippen LogP contribution in [0.25, 0.3) is 0 Å². The van der Waals surface area contributed by atoms with Crippen LogP contribution in [0.3, 0.4) is 0 Å². The third-order valence-corrected chi connectivity index (χ3v) is 1.18. The van der Waals surface area contributed by atoms with Gasteiger partial charge in [-0.1, -0.05) is 0 Å². The Morgan fingerprint density at radius 3 is 1.44 bits per heavy atom. The maximum Gasteiger partial charge on any atom is 0.258 e. The van der Waals surface area contributed by atoms with Gasteiger partial charge in [0, 0.05) is 12.2 Å². The summed E-state index contributed by atoms with van der Waals surface area (Å²) in [7, 11) is 0. The van der Waals surface area contributed by atoms with E-state index >= 15 is 0 Å². The number of hydrogen-bond donors (Lipinski definition) is 0. The zero-order valence-electron chi connectivity index (χ0n) is 8.02. The number of rotatable bonds is 7. The average molecular weight is 222 g/mol. The van der Waals surface area contributed by atoms with Crippen molar-refractivity contribution >= 4 is 23.8 Å². The molecule has 0 aliphatic rings. The molecule has 6 heteroatoms. The largest absolute Gasteiger partial charge is 0.475 e. The van der Waals surface area contributed by atoms with Gasteiger partial charge in [-0.05, 0) is 0 Å². The van der Waals surface area contributed by atoms with Crippen LogP contribution in [0.2, 0.25) is 0 Å². The third-order valence-electron chi connectivity index (χ3n) is 1.18. The van der Waals surface area contributed by atoms with E-state index in [9.17, 15) is 19.2 Å². The summed E-state index contributed by atoms with van der Waals surface area (Å²) in [6.45, 7) is -0.516. The SMILES string of the molecule is O=C=CCOC(=C=O)C(=C=O)OCC=C=O. The van der Waals surface area contributed by atoms with Crippen LogP contribution in [0.5, 0.6) is 0 Å². The van der Waals surface area contributed by atoms with E-state index in [4.69, 9.17) is 0 Å². The molecule has 0 aromatic heterocycles. The minimum atomic E-state index is -0.541. The molecule has 0 aromatic carbocycles. The van der Waals surface area contributed by atoms with E-state index in [1.54, 1.807) is 0 Å². The normalized spacial score (nSPS) is 7.25. The molecule has 0 aliphatic heterocycles. The van der Waals surface area contributed by atoms with Gasteiger partial charge in [-0.3, -0.25) is 0 Å². The zero-order valence-corrected chi connectivity index (χ0v) is 8.02. The van der Waals surface area contributed by atoms with Crippen LogP contribution in [0, 0.1) is 0 Å². The summed E-state index contributed by atoms with van der Waals surface area (Å²) in [5.41, 5.74) is 0. The smallest absolute Gasteiger partial charge is 0.258 e. The lowest BCUT2D eigenvalue weighted by Crippen LogP contribution is -2.03. The van der Waals surface area contributed by atoms with Crippen molar-refractivity contribution in [3.8, 4) is 0 Å². The highest BCUT2D eigenvalue weighted by Gasteiger charge is 2.10. The van der Waals surface area contributed by atoms with Crippen molar-refractivity contribution in [2.75, 3.05) is 13.2 Å². The molecule has 6 nitrogen and oxygen atoms in total. The molecule has 0 radical (unpaired) electrons. The van der Waals surface area contributed by atoms with Crippen molar-refractivity contribution in [3.63, 3.8) is 0 Å². The maximum atomic E-state index is 10.4. The Labute approximate surface area is 90.1 Å². The van der Waals surface area contributed by atoms with Crippen molar-refractivity contribution in [2.45, 2.75) is 0 Å². The number of ether oxygens (including phenoxy) is 2. The number of hydrogen-bond acceptors (Lipinski definition) is 6. The molecule has 0 aromatic rings. The summed E-state index contributed by atoms with van der Waals surface area (Å²) in [5.74, 6) is 4.33. The minimum Gasteiger partial charge on any atom is -0.475 e. The topological polar surface area (TPSA) is 86.7 Å². The van der Waals surface area contributed by atoms with Crippen molar-refractivity contribution < 1.29 is 28.7 Å². The van der Waals surface area contributed by atoms with Gasteiger partial charge in [0.1, 0.15) is 25.1 Å². The van der Waals surface area contributed by atoms with Gasteiger partial charge in [-0.15, -0.1) is 0 Å². The first kappa shape index (κ1) is 13.4. The molecule has 0 atom stereocenters. The molecule has 0 rings (SSSR count). The second kappa shape index (κ2) is 8.97. The van der Waals surface area contributed by atoms with Gasteiger partial charge in [0.2, 0.25) is 0 Å². The monoisotopic (exact) mass is 222 g/mol. The maximum absolute atomic E-state index is 10.4. The Morgan fingerprint density at radius 1 is 0.812 bits per heavy atom. The van der Waals surface area contributed by atoms with Crippen LogP contribution in [-0.2, 0) is 28.7 Å². The van der Waals surface area contributed by atoms with Crippen molar-refractivity contribution in [1.82, 2.24) is 0 Å². The van der Waals surface area contributed by atoms with E-state index in [-0.39, 0.29) is 13.2 Å². The van der Waals surface area contributed by atoms with Gasteiger partial charge < -0.3 is 9.47 Å². The first-order valence-corrected chi connectivity index (χ1v) is 3.95. The molecule has 16 heavy (non-hydrogen) atoms. The van der Waals surface area contributed by atoms with Crippen LogP contribution < -0.4 is 0 Å². The van der Waals surface area contributed by atoms with Crippen molar-refractivity contribution in [2.24, 2.45) is 0 Å². The Balaban J connectivity index is 4.53. The Bertz CT molecular complexity index is 382. The van der Waals surface area contributed by atoms with E-state index < -0.39 is 11.5 Å². The Hall–Kier alpha value is -2.60. The fourth-order valence-electron chi connectivity index (χ4n) is 0.601. The molecule has 0 fully saturated rings. The van der Waals surface area contributed by atoms with Gasteiger partial charge in [-0.2, -0.15) is 0 Å². The van der Waals surface area contributed by atoms with Gasteiger partial charge in [0.05, 0.1) is 0 Å². The van der Waals surface area contributed by atoms with E-state index in [1.807, 2.05) is 0 Å². The van der Waals surface area contributed by atoms with E-state index in [0.29, 0.717) is 0 Å². The fourth-order valence-corrected chi connectivity index (χ4v) is 0.601. The number of carbonyl (C=O) groups excluding carboxylic acids is 4. The first-order chi connectivity index (χ1) is 7.79. The van der Waals surface area contributed by atoms with Crippen LogP contribution in [0.4, 0.5) is 0 Å². The molecular formula is C10H6O6. The Morgan fingerprint density at radius 2 is 1.19 bits per heavy atom. The molecule has 82 valence electrons. The molecule has 0 heterocycles. The van der Waals surface area contributed by atoms with Gasteiger partial charge in [-0.25, -0.2) is 19.2 Å². The summed E-state index contributed by atoms with van der Waals surface area (Å²) in [4.78, 5) is 40.3. The highest BCUT2D eigenvalue weighted by Crippen LogP contribution is 2.06. The summed E-state index contributed by atoms with van der Waals surface area (Å²) < 4.78 is 9.31. The minimum absolute atomic E-state index is 0.258. The predicted molar refractivity (Wildman–Crippen MR) is 50.8 cm³/mol.